The van der Waals surface area contributed by atoms with Crippen LogP contribution < -0.4 is 22.1 Å². The number of amides is 2. The van der Waals surface area contributed by atoms with Crippen molar-refractivity contribution in [3.8, 4) is 0 Å². The lowest BCUT2D eigenvalue weighted by Gasteiger charge is -2.01. The van der Waals surface area contributed by atoms with Crippen molar-refractivity contribution in [2.45, 2.75) is 13.8 Å². The molecule has 0 unspecified atom stereocenters. The van der Waals surface area contributed by atoms with Crippen LogP contribution >= 0.6 is 0 Å². The second-order valence-corrected chi connectivity index (χ2v) is 4.16. The van der Waals surface area contributed by atoms with Crippen LogP contribution in [0.5, 0.6) is 0 Å². The standard InChI is InChI=1S/2C6H14N2O2.C2H2O4/c2*1-2-10-5-6(9)8-4-3-7;3-1(4)2(5)6/h2*2-5,7H2,1H3,(H,8,9);(H,3,4)(H,5,6). The zero-order valence-corrected chi connectivity index (χ0v) is 15.2. The third-order valence-corrected chi connectivity index (χ3v) is 1.99. The zero-order valence-electron chi connectivity index (χ0n) is 15.2. The van der Waals surface area contributed by atoms with Crippen LogP contribution in [0.1, 0.15) is 13.8 Å². The molecule has 12 heteroatoms. The van der Waals surface area contributed by atoms with Gasteiger partial charge in [-0.15, -0.1) is 0 Å². The summed E-state index contributed by atoms with van der Waals surface area (Å²) >= 11 is 0. The van der Waals surface area contributed by atoms with Gasteiger partial charge >= 0.3 is 11.9 Å². The summed E-state index contributed by atoms with van der Waals surface area (Å²) in [5.41, 5.74) is 10.3. The highest BCUT2D eigenvalue weighted by Crippen LogP contribution is 1.72. The molecule has 0 aromatic rings. The van der Waals surface area contributed by atoms with Gasteiger partial charge in [0.15, 0.2) is 0 Å². The third-order valence-electron chi connectivity index (χ3n) is 1.99. The molecule has 154 valence electrons. The van der Waals surface area contributed by atoms with Crippen LogP contribution in [-0.4, -0.2) is 86.6 Å². The predicted molar refractivity (Wildman–Crippen MR) is 92.4 cm³/mol. The van der Waals surface area contributed by atoms with Gasteiger partial charge in [-0.3, -0.25) is 9.59 Å². The zero-order chi connectivity index (χ0) is 20.8. The highest BCUT2D eigenvalue weighted by molar-refractivity contribution is 6.27. The molecule has 0 aliphatic heterocycles. The fraction of sp³-hybridized carbons (Fsp3) is 0.714. The van der Waals surface area contributed by atoms with Gasteiger partial charge < -0.3 is 41.8 Å². The number of ether oxygens (including phenoxy) is 2. The van der Waals surface area contributed by atoms with Gasteiger partial charge in [-0.2, -0.15) is 0 Å². The second kappa shape index (κ2) is 22.7. The van der Waals surface area contributed by atoms with E-state index in [1.807, 2.05) is 13.8 Å². The molecule has 0 aromatic heterocycles. The Kier molecular flexibility index (Phi) is 24.9. The topological polar surface area (TPSA) is 203 Å². The van der Waals surface area contributed by atoms with Crippen molar-refractivity contribution in [2.75, 3.05) is 52.6 Å². The first-order chi connectivity index (χ1) is 12.3. The highest BCUT2D eigenvalue weighted by atomic mass is 16.5. The molecule has 2 amide bonds. The molecule has 26 heavy (non-hydrogen) atoms. The molecule has 0 fully saturated rings. The van der Waals surface area contributed by atoms with E-state index in [0.29, 0.717) is 39.4 Å². The Hall–Kier alpha value is -2.28. The molecule has 0 atom stereocenters. The van der Waals surface area contributed by atoms with Gasteiger partial charge in [0.1, 0.15) is 13.2 Å². The number of aliphatic carboxylic acids is 2. The van der Waals surface area contributed by atoms with Gasteiger partial charge in [-0.25, -0.2) is 9.59 Å². The van der Waals surface area contributed by atoms with E-state index in [1.165, 1.54) is 0 Å². The van der Waals surface area contributed by atoms with Gasteiger partial charge in [-0.1, -0.05) is 0 Å². The minimum absolute atomic E-state index is 0.104. The van der Waals surface area contributed by atoms with Crippen molar-refractivity contribution in [1.82, 2.24) is 10.6 Å². The van der Waals surface area contributed by atoms with Crippen molar-refractivity contribution >= 4 is 23.8 Å². The maximum Gasteiger partial charge on any atom is 0.414 e. The van der Waals surface area contributed by atoms with Crippen molar-refractivity contribution in [3.05, 3.63) is 0 Å². The van der Waals surface area contributed by atoms with E-state index < -0.39 is 11.9 Å². The first kappa shape index (κ1) is 28.5. The van der Waals surface area contributed by atoms with Crippen LogP contribution in [0.15, 0.2) is 0 Å². The largest absolute Gasteiger partial charge is 0.473 e. The molecular weight excluding hydrogens is 352 g/mol. The number of carboxylic acids is 2. The molecular formula is C14H30N4O8. The minimum atomic E-state index is -1.82. The first-order valence-electron chi connectivity index (χ1n) is 7.81. The van der Waals surface area contributed by atoms with Gasteiger partial charge in [0.2, 0.25) is 11.8 Å². The molecule has 0 rings (SSSR count). The van der Waals surface area contributed by atoms with Gasteiger partial charge in [0, 0.05) is 39.4 Å². The normalized spacial score (nSPS) is 8.92. The summed E-state index contributed by atoms with van der Waals surface area (Å²) in [4.78, 5) is 39.5. The Bertz CT molecular complexity index is 337. The summed E-state index contributed by atoms with van der Waals surface area (Å²) < 4.78 is 9.68. The molecule has 0 radical (unpaired) electrons. The molecule has 0 aliphatic carbocycles. The van der Waals surface area contributed by atoms with Crippen molar-refractivity contribution in [2.24, 2.45) is 11.5 Å². The number of carbonyl (C=O) groups excluding carboxylic acids is 2. The van der Waals surface area contributed by atoms with E-state index >= 15 is 0 Å². The van der Waals surface area contributed by atoms with E-state index in [9.17, 15) is 9.59 Å². The number of rotatable bonds is 10. The summed E-state index contributed by atoms with van der Waals surface area (Å²) in [6.07, 6.45) is 0. The lowest BCUT2D eigenvalue weighted by atomic mass is 10.6. The second-order valence-electron chi connectivity index (χ2n) is 4.16. The molecule has 8 N–H and O–H groups in total. The number of nitrogens with two attached hydrogens (primary N) is 2. The summed E-state index contributed by atoms with van der Waals surface area (Å²) in [6.45, 7) is 7.07. The highest BCUT2D eigenvalue weighted by Gasteiger charge is 2.04. The average molecular weight is 382 g/mol. The average Bonchev–Trinajstić information content (AvgIpc) is 2.62. The smallest absolute Gasteiger partial charge is 0.414 e. The van der Waals surface area contributed by atoms with Gasteiger partial charge in [0.05, 0.1) is 0 Å². The molecule has 0 saturated carbocycles. The molecule has 0 bridgehead atoms. The fourth-order valence-corrected chi connectivity index (χ4v) is 0.915. The van der Waals surface area contributed by atoms with E-state index in [-0.39, 0.29) is 25.0 Å². The Balaban J connectivity index is -0.000000316. The van der Waals surface area contributed by atoms with Crippen molar-refractivity contribution in [3.63, 3.8) is 0 Å². The van der Waals surface area contributed by atoms with Gasteiger partial charge in [-0.05, 0) is 13.8 Å². The molecule has 12 nitrogen and oxygen atoms in total. The predicted octanol–water partition coefficient (Wildman–Crippen LogP) is -2.65. The van der Waals surface area contributed by atoms with Crippen LogP contribution in [0, 0.1) is 0 Å². The lowest BCUT2D eigenvalue weighted by Crippen LogP contribution is -2.31. The monoisotopic (exact) mass is 382 g/mol. The summed E-state index contributed by atoms with van der Waals surface area (Å²) in [7, 11) is 0. The van der Waals surface area contributed by atoms with E-state index in [0.717, 1.165) is 0 Å². The van der Waals surface area contributed by atoms with Crippen LogP contribution in [0.3, 0.4) is 0 Å². The molecule has 0 heterocycles. The Morgan fingerprint density at radius 1 is 0.769 bits per heavy atom. The van der Waals surface area contributed by atoms with Crippen LogP contribution in [-0.2, 0) is 28.7 Å². The maximum atomic E-state index is 10.7. The maximum absolute atomic E-state index is 10.7. The lowest BCUT2D eigenvalue weighted by molar-refractivity contribution is -0.159. The van der Waals surface area contributed by atoms with Gasteiger partial charge in [0.25, 0.3) is 0 Å². The van der Waals surface area contributed by atoms with Crippen LogP contribution in [0.2, 0.25) is 0 Å². The SMILES string of the molecule is CCOCC(=O)NCCN.CCOCC(=O)NCCN.O=C(O)C(=O)O. The Morgan fingerprint density at radius 2 is 1.08 bits per heavy atom. The van der Waals surface area contributed by atoms with Crippen molar-refractivity contribution in [1.29, 1.82) is 0 Å². The fourth-order valence-electron chi connectivity index (χ4n) is 0.915. The first-order valence-corrected chi connectivity index (χ1v) is 7.81. The molecule has 0 aliphatic rings. The number of hydrogen-bond acceptors (Lipinski definition) is 8. The molecule has 0 saturated heterocycles. The summed E-state index contributed by atoms with van der Waals surface area (Å²) in [6, 6.07) is 0. The number of carbonyl (C=O) groups is 4. The van der Waals surface area contributed by atoms with E-state index in [2.05, 4.69) is 10.6 Å². The Labute approximate surface area is 152 Å². The third kappa shape index (κ3) is 29.7. The van der Waals surface area contributed by atoms with Crippen LogP contribution in [0.4, 0.5) is 0 Å². The molecule has 0 spiro atoms. The van der Waals surface area contributed by atoms with E-state index in [1.54, 1.807) is 0 Å². The van der Waals surface area contributed by atoms with Crippen LogP contribution in [0.25, 0.3) is 0 Å². The quantitative estimate of drug-likeness (QED) is 0.216. The number of nitrogens with one attached hydrogen (secondary N) is 2. The Morgan fingerprint density at radius 3 is 1.27 bits per heavy atom. The number of carboxylic acid groups (broad SMARTS) is 2. The van der Waals surface area contributed by atoms with E-state index in [4.69, 9.17) is 40.7 Å². The number of hydrogen-bond donors (Lipinski definition) is 6. The molecule has 0 aromatic carbocycles. The summed E-state index contributed by atoms with van der Waals surface area (Å²) in [5.74, 6) is -3.86. The minimum Gasteiger partial charge on any atom is -0.473 e. The summed E-state index contributed by atoms with van der Waals surface area (Å²) in [5, 5.41) is 19.9. The van der Waals surface area contributed by atoms with Crippen molar-refractivity contribution < 1.29 is 38.9 Å².